The molecule has 1 aromatic rings. The minimum absolute atomic E-state index is 0.0120. The molecule has 5 atom stereocenters. The maximum absolute atomic E-state index is 13.6. The summed E-state index contributed by atoms with van der Waals surface area (Å²) in [5.41, 5.74) is 13.1. The molecule has 250 valence electrons. The van der Waals surface area contributed by atoms with Crippen molar-refractivity contribution in [1.29, 1.82) is 0 Å². The van der Waals surface area contributed by atoms with Gasteiger partial charge in [0.05, 0.1) is 0 Å². The van der Waals surface area contributed by atoms with E-state index < -0.39 is 53.7 Å². The summed E-state index contributed by atoms with van der Waals surface area (Å²) in [5, 5.41) is 10.9. The van der Waals surface area contributed by atoms with Crippen LogP contribution in [0.3, 0.4) is 0 Å². The highest BCUT2D eigenvalue weighted by atomic mass is 32.2. The average Bonchev–Trinajstić information content (AvgIpc) is 2.98. The first-order chi connectivity index (χ1) is 21.3. The van der Waals surface area contributed by atoms with Crippen LogP contribution in [0.15, 0.2) is 24.3 Å². The standard InChI is InChI=1S/C31H48N6O6S2/c1-5-19(4)27-31(43)36-24(28(33)40)17-45-16-21-8-6-7-20(14-21)15-44-12-11-26(39)34-22(9-10-25(32)38)29(41)35-23(13-18(2)3)30(42)37-27/h6-8,14,18-19,22-24,27H,5,9-13,15-17H2,1-4H3,(H2,32,38)(H2,33,40)(H,34,39)(H,35,41)(H,36,43)(H,37,42)/t19-,22-,23-,24-,27-/m0/s1. The lowest BCUT2D eigenvalue weighted by molar-refractivity contribution is -0.135. The van der Waals surface area contributed by atoms with Gasteiger partial charge in [0.15, 0.2) is 0 Å². The minimum atomic E-state index is -1.09. The van der Waals surface area contributed by atoms with Crippen molar-refractivity contribution < 1.29 is 28.8 Å². The van der Waals surface area contributed by atoms with Gasteiger partial charge in [-0.15, -0.1) is 0 Å². The molecule has 1 aliphatic rings. The van der Waals surface area contributed by atoms with E-state index >= 15 is 0 Å². The number of benzene rings is 1. The van der Waals surface area contributed by atoms with Crippen molar-refractivity contribution in [3.63, 3.8) is 0 Å². The van der Waals surface area contributed by atoms with Crippen molar-refractivity contribution in [3.05, 3.63) is 35.4 Å². The Morgan fingerprint density at radius 3 is 2.13 bits per heavy atom. The maximum atomic E-state index is 13.6. The molecule has 14 heteroatoms. The highest BCUT2D eigenvalue weighted by Crippen LogP contribution is 2.19. The summed E-state index contributed by atoms with van der Waals surface area (Å²) in [6.45, 7) is 7.45. The number of hydrogen-bond donors (Lipinski definition) is 6. The summed E-state index contributed by atoms with van der Waals surface area (Å²) in [4.78, 5) is 77.1. The number of carbonyl (C=O) groups is 6. The molecule has 45 heavy (non-hydrogen) atoms. The van der Waals surface area contributed by atoms with Gasteiger partial charge < -0.3 is 32.7 Å². The first-order valence-electron chi connectivity index (χ1n) is 15.3. The van der Waals surface area contributed by atoms with Crippen LogP contribution >= 0.6 is 23.5 Å². The second kappa shape index (κ2) is 19.3. The smallest absolute Gasteiger partial charge is 0.243 e. The average molecular weight is 665 g/mol. The number of primary amides is 2. The van der Waals surface area contributed by atoms with Crippen molar-refractivity contribution in [2.75, 3.05) is 11.5 Å². The van der Waals surface area contributed by atoms with E-state index in [1.165, 1.54) is 11.8 Å². The third-order valence-corrected chi connectivity index (χ3v) is 9.55. The van der Waals surface area contributed by atoms with E-state index in [0.29, 0.717) is 23.7 Å². The molecule has 6 amide bonds. The molecule has 8 N–H and O–H groups in total. The predicted octanol–water partition coefficient (Wildman–Crippen LogP) is 1.34. The molecular formula is C31H48N6O6S2. The number of fused-ring (bicyclic) bond motifs is 2. The van der Waals surface area contributed by atoms with Crippen molar-refractivity contribution in [1.82, 2.24) is 21.3 Å². The third-order valence-electron chi connectivity index (χ3n) is 7.41. The summed E-state index contributed by atoms with van der Waals surface area (Å²) < 4.78 is 0. The molecule has 0 aromatic heterocycles. The maximum Gasteiger partial charge on any atom is 0.243 e. The number of nitrogens with two attached hydrogens (primary N) is 2. The molecule has 0 saturated carbocycles. The molecule has 0 saturated heterocycles. The number of nitrogens with one attached hydrogen (secondary N) is 4. The number of hydrogen-bond acceptors (Lipinski definition) is 8. The fourth-order valence-corrected chi connectivity index (χ4v) is 6.57. The number of thioether (sulfide) groups is 2. The van der Waals surface area contributed by atoms with Gasteiger partial charge in [0.2, 0.25) is 35.4 Å². The summed E-state index contributed by atoms with van der Waals surface area (Å²) in [6.07, 6.45) is 0.773. The van der Waals surface area contributed by atoms with Crippen LogP contribution in [-0.2, 0) is 40.3 Å². The number of amides is 6. The lowest BCUT2D eigenvalue weighted by Crippen LogP contribution is -2.60. The summed E-state index contributed by atoms with van der Waals surface area (Å²) in [7, 11) is 0. The fourth-order valence-electron chi connectivity index (χ4n) is 4.67. The molecular weight excluding hydrogens is 617 g/mol. The van der Waals surface area contributed by atoms with Crippen molar-refractivity contribution in [2.24, 2.45) is 23.3 Å². The van der Waals surface area contributed by atoms with Crippen molar-refractivity contribution in [2.45, 2.75) is 95.5 Å². The number of rotatable bonds is 8. The normalized spacial score (nSPS) is 23.8. The highest BCUT2D eigenvalue weighted by molar-refractivity contribution is 7.98. The molecule has 1 heterocycles. The Bertz CT molecular complexity index is 1200. The van der Waals surface area contributed by atoms with Crippen LogP contribution in [0.2, 0.25) is 0 Å². The van der Waals surface area contributed by atoms with Crippen LogP contribution in [0, 0.1) is 11.8 Å². The van der Waals surface area contributed by atoms with E-state index in [1.807, 2.05) is 39.0 Å². The molecule has 0 aliphatic carbocycles. The molecule has 2 rings (SSSR count). The molecule has 1 aliphatic heterocycles. The zero-order valence-electron chi connectivity index (χ0n) is 26.6. The summed E-state index contributed by atoms with van der Waals surface area (Å²) in [5.74, 6) is -1.74. The minimum Gasteiger partial charge on any atom is -0.370 e. The van der Waals surface area contributed by atoms with Crippen LogP contribution in [0.25, 0.3) is 0 Å². The fraction of sp³-hybridized carbons (Fsp3) is 0.613. The van der Waals surface area contributed by atoms with Gasteiger partial charge in [-0.3, -0.25) is 28.8 Å². The van der Waals surface area contributed by atoms with Gasteiger partial charge in [-0.25, -0.2) is 0 Å². The lowest BCUT2D eigenvalue weighted by atomic mass is 9.96. The molecule has 0 spiro atoms. The first kappa shape index (κ1) is 37.9. The molecule has 12 nitrogen and oxygen atoms in total. The van der Waals surface area contributed by atoms with E-state index in [4.69, 9.17) is 11.5 Å². The molecule has 2 bridgehead atoms. The highest BCUT2D eigenvalue weighted by Gasteiger charge is 2.33. The van der Waals surface area contributed by atoms with Gasteiger partial charge >= 0.3 is 0 Å². The summed E-state index contributed by atoms with van der Waals surface area (Å²) >= 11 is 3.02. The Balaban J connectivity index is 2.40. The zero-order valence-corrected chi connectivity index (χ0v) is 28.2. The van der Waals surface area contributed by atoms with E-state index in [1.54, 1.807) is 18.7 Å². The van der Waals surface area contributed by atoms with Crippen LogP contribution in [0.1, 0.15) is 70.9 Å². The number of carbonyl (C=O) groups excluding carboxylic acids is 6. The van der Waals surface area contributed by atoms with E-state index in [2.05, 4.69) is 27.3 Å². The Hall–Kier alpha value is -3.26. The van der Waals surface area contributed by atoms with E-state index in [-0.39, 0.29) is 49.2 Å². The summed E-state index contributed by atoms with van der Waals surface area (Å²) in [6, 6.07) is 3.89. The SMILES string of the molecule is CC[C@H](C)[C@@H]1NC(=O)[C@H](CC(C)C)NC(=O)[C@H](CCC(N)=O)NC(=O)CCSCc2cccc(c2)CSC[C@@H](C(N)=O)NC1=O. The second-order valence-corrected chi connectivity index (χ2v) is 13.9. The van der Waals surface area contributed by atoms with Gasteiger partial charge in [-0.05, 0) is 35.8 Å². The van der Waals surface area contributed by atoms with Gasteiger partial charge in [0.25, 0.3) is 0 Å². The van der Waals surface area contributed by atoms with E-state index in [0.717, 1.165) is 11.1 Å². The predicted molar refractivity (Wildman–Crippen MR) is 178 cm³/mol. The van der Waals surface area contributed by atoms with Crippen molar-refractivity contribution in [3.8, 4) is 0 Å². The van der Waals surface area contributed by atoms with Gasteiger partial charge in [-0.1, -0.05) is 58.4 Å². The molecule has 0 radical (unpaired) electrons. The van der Waals surface area contributed by atoms with Gasteiger partial charge in [-0.2, -0.15) is 23.5 Å². The molecule has 0 fully saturated rings. The third kappa shape index (κ3) is 13.7. The van der Waals surface area contributed by atoms with Crippen LogP contribution < -0.4 is 32.7 Å². The molecule has 0 unspecified atom stereocenters. The molecule has 1 aromatic carbocycles. The Morgan fingerprint density at radius 1 is 0.889 bits per heavy atom. The van der Waals surface area contributed by atoms with Crippen LogP contribution in [0.5, 0.6) is 0 Å². The Labute approximate surface area is 274 Å². The Kier molecular flexibility index (Phi) is 16.3. The lowest BCUT2D eigenvalue weighted by Gasteiger charge is -2.29. The Morgan fingerprint density at radius 2 is 1.53 bits per heavy atom. The topological polar surface area (TPSA) is 203 Å². The van der Waals surface area contributed by atoms with Crippen LogP contribution in [0.4, 0.5) is 0 Å². The monoisotopic (exact) mass is 664 g/mol. The van der Waals surface area contributed by atoms with Crippen molar-refractivity contribution >= 4 is 59.0 Å². The van der Waals surface area contributed by atoms with Gasteiger partial charge in [0.1, 0.15) is 24.2 Å². The first-order valence-corrected chi connectivity index (χ1v) is 17.6. The van der Waals surface area contributed by atoms with E-state index in [9.17, 15) is 28.8 Å². The zero-order chi connectivity index (χ0) is 33.5. The largest absolute Gasteiger partial charge is 0.370 e. The van der Waals surface area contributed by atoms with Gasteiger partial charge in [0, 0.05) is 35.9 Å². The van der Waals surface area contributed by atoms with Crippen LogP contribution in [-0.4, -0.2) is 71.1 Å². The quantitative estimate of drug-likeness (QED) is 0.239. The second-order valence-electron chi connectivity index (χ2n) is 11.8.